The molecule has 2 rings (SSSR count). The van der Waals surface area contributed by atoms with Gasteiger partial charge in [0.15, 0.2) is 0 Å². The highest BCUT2D eigenvalue weighted by molar-refractivity contribution is 5.56. The van der Waals surface area contributed by atoms with Crippen LogP contribution in [0, 0.1) is 19.8 Å². The number of benzene rings is 1. The van der Waals surface area contributed by atoms with Gasteiger partial charge < -0.3 is 10.2 Å². The highest BCUT2D eigenvalue weighted by atomic mass is 16.3. The predicted molar refractivity (Wildman–Crippen MR) is 78.8 cm³/mol. The highest BCUT2D eigenvalue weighted by Gasteiger charge is 2.49. The second kappa shape index (κ2) is 3.99. The molecule has 0 radical (unpaired) electrons. The molecule has 19 heavy (non-hydrogen) atoms. The van der Waals surface area contributed by atoms with Crippen LogP contribution in [0.4, 0.5) is 0 Å². The Balaban J connectivity index is 2.88. The topological polar surface area (TPSA) is 40.5 Å². The summed E-state index contributed by atoms with van der Waals surface area (Å²) >= 11 is 0. The smallest absolute Gasteiger partial charge is 0.121 e. The van der Waals surface area contributed by atoms with E-state index in [1.54, 1.807) is 0 Å². The van der Waals surface area contributed by atoms with Gasteiger partial charge in [0.1, 0.15) is 5.75 Å². The number of aryl methyl sites for hydroxylation is 1. The van der Waals surface area contributed by atoms with Gasteiger partial charge in [-0.15, -0.1) is 0 Å². The van der Waals surface area contributed by atoms with Gasteiger partial charge in [-0.05, 0) is 47.4 Å². The van der Waals surface area contributed by atoms with E-state index in [9.17, 15) is 10.2 Å². The lowest BCUT2D eigenvalue weighted by Gasteiger charge is -2.51. The standard InChI is InChI=1S/C17H26O2/c1-9-8-12-13(10(2)14(9)18)16(4,5)11(3)15(19)17(12,6)7/h8,11,15,18-19H,1-7H3. The Morgan fingerprint density at radius 1 is 1.05 bits per heavy atom. The number of hydrogen-bond donors (Lipinski definition) is 2. The number of rotatable bonds is 0. The van der Waals surface area contributed by atoms with Crippen molar-refractivity contribution in [3.63, 3.8) is 0 Å². The molecule has 0 fully saturated rings. The summed E-state index contributed by atoms with van der Waals surface area (Å²) in [7, 11) is 0. The summed E-state index contributed by atoms with van der Waals surface area (Å²) < 4.78 is 0. The van der Waals surface area contributed by atoms with E-state index in [0.717, 1.165) is 11.1 Å². The van der Waals surface area contributed by atoms with Gasteiger partial charge >= 0.3 is 0 Å². The molecule has 0 bridgehead atoms. The number of phenols is 1. The lowest BCUT2D eigenvalue weighted by Crippen LogP contribution is -2.52. The Morgan fingerprint density at radius 3 is 2.11 bits per heavy atom. The van der Waals surface area contributed by atoms with E-state index in [1.165, 1.54) is 11.1 Å². The third-order valence-electron chi connectivity index (χ3n) is 5.42. The molecule has 0 aliphatic heterocycles. The number of fused-ring (bicyclic) bond motifs is 1. The van der Waals surface area contributed by atoms with Crippen molar-refractivity contribution >= 4 is 0 Å². The second-order valence-electron chi connectivity index (χ2n) is 7.27. The second-order valence-corrected chi connectivity index (χ2v) is 7.27. The summed E-state index contributed by atoms with van der Waals surface area (Å²) in [6.45, 7) is 14.5. The molecule has 2 atom stereocenters. The fraction of sp³-hybridized carbons (Fsp3) is 0.647. The van der Waals surface area contributed by atoms with Crippen molar-refractivity contribution in [1.82, 2.24) is 0 Å². The van der Waals surface area contributed by atoms with Crippen LogP contribution in [0.25, 0.3) is 0 Å². The van der Waals surface area contributed by atoms with E-state index >= 15 is 0 Å². The monoisotopic (exact) mass is 262 g/mol. The molecule has 2 heteroatoms. The number of aliphatic hydroxyl groups excluding tert-OH is 1. The summed E-state index contributed by atoms with van der Waals surface area (Å²) in [5.74, 6) is 0.544. The summed E-state index contributed by atoms with van der Waals surface area (Å²) in [5.41, 5.74) is 3.82. The van der Waals surface area contributed by atoms with Gasteiger partial charge in [-0.3, -0.25) is 0 Å². The average molecular weight is 262 g/mol. The van der Waals surface area contributed by atoms with Crippen LogP contribution < -0.4 is 0 Å². The Kier molecular flexibility index (Phi) is 3.02. The lowest BCUT2D eigenvalue weighted by atomic mass is 9.55. The van der Waals surface area contributed by atoms with Gasteiger partial charge in [0.2, 0.25) is 0 Å². The summed E-state index contributed by atoms with van der Waals surface area (Å²) in [5, 5.41) is 20.9. The van der Waals surface area contributed by atoms with Crippen LogP contribution in [-0.4, -0.2) is 16.3 Å². The van der Waals surface area contributed by atoms with Gasteiger partial charge in [-0.25, -0.2) is 0 Å². The maximum Gasteiger partial charge on any atom is 0.121 e. The van der Waals surface area contributed by atoms with Gasteiger partial charge in [0.25, 0.3) is 0 Å². The minimum absolute atomic E-state index is 0.139. The molecule has 1 aliphatic carbocycles. The quantitative estimate of drug-likeness (QED) is 0.750. The van der Waals surface area contributed by atoms with Crippen molar-refractivity contribution in [2.75, 3.05) is 0 Å². The zero-order chi connectivity index (χ0) is 14.7. The SMILES string of the molecule is Cc1cc2c(c(C)c1O)C(C)(C)C(C)C(O)C2(C)C. The van der Waals surface area contributed by atoms with Crippen LogP contribution in [0.15, 0.2) is 6.07 Å². The number of aliphatic hydroxyl groups is 1. The third-order valence-corrected chi connectivity index (χ3v) is 5.42. The zero-order valence-corrected chi connectivity index (χ0v) is 13.1. The first-order chi connectivity index (χ1) is 8.52. The van der Waals surface area contributed by atoms with Crippen LogP contribution in [-0.2, 0) is 10.8 Å². The molecule has 0 aromatic heterocycles. The normalized spacial score (nSPS) is 28.0. The first kappa shape index (κ1) is 14.4. The van der Waals surface area contributed by atoms with Crippen LogP contribution in [0.1, 0.15) is 56.9 Å². The van der Waals surface area contributed by atoms with E-state index in [4.69, 9.17) is 0 Å². The Morgan fingerprint density at radius 2 is 1.58 bits per heavy atom. The van der Waals surface area contributed by atoms with Gasteiger partial charge in [0, 0.05) is 5.41 Å². The molecule has 2 nitrogen and oxygen atoms in total. The summed E-state index contributed by atoms with van der Waals surface area (Å²) in [6.07, 6.45) is -0.377. The van der Waals surface area contributed by atoms with Crippen molar-refractivity contribution in [2.24, 2.45) is 5.92 Å². The Bertz CT molecular complexity index is 527. The van der Waals surface area contributed by atoms with Crippen molar-refractivity contribution in [3.05, 3.63) is 28.3 Å². The molecule has 1 aromatic carbocycles. The predicted octanol–water partition coefficient (Wildman–Crippen LogP) is 3.57. The average Bonchev–Trinajstić information content (AvgIpc) is 2.31. The van der Waals surface area contributed by atoms with Crippen molar-refractivity contribution < 1.29 is 10.2 Å². The van der Waals surface area contributed by atoms with Crippen molar-refractivity contribution in [3.8, 4) is 5.75 Å². The lowest BCUT2D eigenvalue weighted by molar-refractivity contribution is 0.00629. The Labute approximate surface area is 116 Å². The molecule has 106 valence electrons. The molecule has 0 heterocycles. The minimum Gasteiger partial charge on any atom is -0.507 e. The maximum atomic E-state index is 10.7. The molecule has 0 spiro atoms. The molecule has 0 saturated heterocycles. The van der Waals surface area contributed by atoms with E-state index < -0.39 is 0 Å². The van der Waals surface area contributed by atoms with E-state index in [0.29, 0.717) is 5.75 Å². The molecule has 0 saturated carbocycles. The van der Waals surface area contributed by atoms with Crippen LogP contribution in [0.2, 0.25) is 0 Å². The Hall–Kier alpha value is -1.02. The molecule has 2 N–H and O–H groups in total. The van der Waals surface area contributed by atoms with Crippen LogP contribution in [0.5, 0.6) is 5.75 Å². The van der Waals surface area contributed by atoms with E-state index in [2.05, 4.69) is 40.7 Å². The number of hydrogen-bond acceptors (Lipinski definition) is 2. The van der Waals surface area contributed by atoms with E-state index in [1.807, 2.05) is 13.8 Å². The zero-order valence-electron chi connectivity index (χ0n) is 13.1. The molecule has 1 aromatic rings. The van der Waals surface area contributed by atoms with Crippen molar-refractivity contribution in [2.45, 2.75) is 65.4 Å². The van der Waals surface area contributed by atoms with Gasteiger partial charge in [0.05, 0.1) is 6.10 Å². The third kappa shape index (κ3) is 1.73. The van der Waals surface area contributed by atoms with Crippen molar-refractivity contribution in [1.29, 1.82) is 0 Å². The maximum absolute atomic E-state index is 10.7. The molecule has 1 aliphatic rings. The van der Waals surface area contributed by atoms with Gasteiger partial charge in [-0.2, -0.15) is 0 Å². The molecule has 0 amide bonds. The fourth-order valence-electron chi connectivity index (χ4n) is 3.72. The highest BCUT2D eigenvalue weighted by Crippen LogP contribution is 2.52. The fourth-order valence-corrected chi connectivity index (χ4v) is 3.72. The largest absolute Gasteiger partial charge is 0.507 e. The first-order valence-corrected chi connectivity index (χ1v) is 7.05. The van der Waals surface area contributed by atoms with Crippen LogP contribution >= 0.6 is 0 Å². The molecular formula is C17H26O2. The van der Waals surface area contributed by atoms with Gasteiger partial charge in [-0.1, -0.05) is 40.7 Å². The number of aromatic hydroxyl groups is 1. The summed E-state index contributed by atoms with van der Waals surface area (Å²) in [6, 6.07) is 2.05. The molecule has 2 unspecified atom stereocenters. The number of phenolic OH excluding ortho intramolecular Hbond substituents is 1. The molecular weight excluding hydrogens is 236 g/mol. The minimum atomic E-state index is -0.377. The van der Waals surface area contributed by atoms with E-state index in [-0.39, 0.29) is 22.9 Å². The first-order valence-electron chi connectivity index (χ1n) is 7.05. The van der Waals surface area contributed by atoms with Crippen LogP contribution in [0.3, 0.4) is 0 Å². The summed E-state index contributed by atoms with van der Waals surface area (Å²) in [4.78, 5) is 0.